The molecule has 20 heavy (non-hydrogen) atoms. The first kappa shape index (κ1) is 13.9. The summed E-state index contributed by atoms with van der Waals surface area (Å²) in [6.45, 7) is 0.0875. The molecule has 2 N–H and O–H groups in total. The molecule has 1 aromatic carbocycles. The predicted octanol–water partition coefficient (Wildman–Crippen LogP) is 1.42. The van der Waals surface area contributed by atoms with E-state index in [1.807, 2.05) is 0 Å². The normalized spacial score (nSPS) is 10.5. The second kappa shape index (κ2) is 5.62. The summed E-state index contributed by atoms with van der Waals surface area (Å²) in [7, 11) is 1.44. The van der Waals surface area contributed by atoms with Crippen LogP contribution in [-0.4, -0.2) is 28.2 Å². The molecule has 0 amide bonds. The van der Waals surface area contributed by atoms with Crippen LogP contribution in [0.25, 0.3) is 11.3 Å². The first-order chi connectivity index (χ1) is 9.49. The maximum absolute atomic E-state index is 13.4. The summed E-state index contributed by atoms with van der Waals surface area (Å²) in [6, 6.07) is 4.43. The minimum absolute atomic E-state index is 0.0875. The smallest absolute Gasteiger partial charge is 0.335 e. The Bertz CT molecular complexity index is 712. The Morgan fingerprint density at radius 2 is 2.15 bits per heavy atom. The number of carboxylic acids is 1. The fourth-order valence-electron chi connectivity index (χ4n) is 1.72. The van der Waals surface area contributed by atoms with Crippen LogP contribution in [0.1, 0.15) is 16.2 Å². The Morgan fingerprint density at radius 1 is 1.40 bits per heavy atom. The summed E-state index contributed by atoms with van der Waals surface area (Å²) in [6.07, 6.45) is 0. The Morgan fingerprint density at radius 3 is 2.80 bits per heavy atom. The van der Waals surface area contributed by atoms with Crippen molar-refractivity contribution in [2.45, 2.75) is 6.61 Å². The Hall–Kier alpha value is -2.54. The van der Waals surface area contributed by atoms with Crippen LogP contribution in [0, 0.1) is 5.82 Å². The first-order valence-corrected chi connectivity index (χ1v) is 5.63. The molecule has 0 aliphatic heterocycles. The summed E-state index contributed by atoms with van der Waals surface area (Å²) < 4.78 is 18.3. The average molecular weight is 278 g/mol. The van der Waals surface area contributed by atoms with E-state index in [9.17, 15) is 14.0 Å². The highest BCUT2D eigenvalue weighted by Gasteiger charge is 2.10. The minimum atomic E-state index is -1.26. The van der Waals surface area contributed by atoms with Crippen molar-refractivity contribution in [3.8, 4) is 11.3 Å². The van der Waals surface area contributed by atoms with Gasteiger partial charge in [0, 0.05) is 18.7 Å². The van der Waals surface area contributed by atoms with Crippen molar-refractivity contribution in [3.05, 3.63) is 51.8 Å². The number of hydrogen-bond acceptors (Lipinski definition) is 4. The predicted molar refractivity (Wildman–Crippen MR) is 67.9 cm³/mol. The standard InChI is InChI=1S/C13H11FN2O4/c1-20-6-11-15-10(5-12(17)16-11)7-2-8(13(18)19)4-9(14)3-7/h2-5H,6H2,1H3,(H,18,19)(H,15,16,17). The molecule has 0 saturated carbocycles. The molecule has 104 valence electrons. The van der Waals surface area contributed by atoms with Crippen LogP contribution in [0.2, 0.25) is 0 Å². The highest BCUT2D eigenvalue weighted by atomic mass is 19.1. The molecular formula is C13H11FN2O4. The quantitative estimate of drug-likeness (QED) is 0.882. The third-order valence-corrected chi connectivity index (χ3v) is 2.51. The fourth-order valence-corrected chi connectivity index (χ4v) is 1.72. The number of methoxy groups -OCH3 is 1. The topological polar surface area (TPSA) is 92.3 Å². The van der Waals surface area contributed by atoms with Gasteiger partial charge < -0.3 is 14.8 Å². The molecule has 0 fully saturated rings. The molecule has 2 aromatic rings. The van der Waals surface area contributed by atoms with Gasteiger partial charge in [0.2, 0.25) is 0 Å². The largest absolute Gasteiger partial charge is 0.478 e. The number of nitrogens with one attached hydrogen (secondary N) is 1. The molecular weight excluding hydrogens is 267 g/mol. The van der Waals surface area contributed by atoms with Crippen molar-refractivity contribution in [2.24, 2.45) is 0 Å². The van der Waals surface area contributed by atoms with Gasteiger partial charge in [-0.15, -0.1) is 0 Å². The van der Waals surface area contributed by atoms with Gasteiger partial charge in [0.15, 0.2) is 0 Å². The molecule has 0 aliphatic carbocycles. The average Bonchev–Trinajstić information content (AvgIpc) is 2.37. The first-order valence-electron chi connectivity index (χ1n) is 5.63. The number of carbonyl (C=O) groups is 1. The number of aromatic carboxylic acids is 1. The molecule has 1 heterocycles. The zero-order valence-electron chi connectivity index (χ0n) is 10.5. The summed E-state index contributed by atoms with van der Waals surface area (Å²) in [5.74, 6) is -1.70. The fraction of sp³-hybridized carbons (Fsp3) is 0.154. The Balaban J connectivity index is 2.56. The van der Waals surface area contributed by atoms with Gasteiger partial charge in [-0.2, -0.15) is 0 Å². The number of nitrogens with zero attached hydrogens (tertiary/aromatic N) is 1. The van der Waals surface area contributed by atoms with Gasteiger partial charge in [0.05, 0.1) is 11.3 Å². The van der Waals surface area contributed by atoms with E-state index in [0.29, 0.717) is 0 Å². The van der Waals surface area contributed by atoms with Gasteiger partial charge in [0.25, 0.3) is 5.56 Å². The van der Waals surface area contributed by atoms with E-state index in [-0.39, 0.29) is 29.3 Å². The molecule has 0 unspecified atom stereocenters. The van der Waals surface area contributed by atoms with Crippen LogP contribution in [-0.2, 0) is 11.3 Å². The lowest BCUT2D eigenvalue weighted by atomic mass is 10.1. The lowest BCUT2D eigenvalue weighted by molar-refractivity contribution is 0.0696. The van der Waals surface area contributed by atoms with Gasteiger partial charge in [-0.1, -0.05) is 0 Å². The van der Waals surface area contributed by atoms with E-state index in [2.05, 4.69) is 9.97 Å². The zero-order chi connectivity index (χ0) is 14.7. The SMILES string of the molecule is COCc1nc(-c2cc(F)cc(C(=O)O)c2)cc(=O)[nH]1. The van der Waals surface area contributed by atoms with Crippen molar-refractivity contribution >= 4 is 5.97 Å². The van der Waals surface area contributed by atoms with Crippen molar-refractivity contribution in [3.63, 3.8) is 0 Å². The summed E-state index contributed by atoms with van der Waals surface area (Å²) in [5, 5.41) is 8.90. The molecule has 0 bridgehead atoms. The second-order valence-corrected chi connectivity index (χ2v) is 4.04. The van der Waals surface area contributed by atoms with E-state index in [1.165, 1.54) is 19.2 Å². The monoisotopic (exact) mass is 278 g/mol. The molecule has 0 atom stereocenters. The number of rotatable bonds is 4. The van der Waals surface area contributed by atoms with E-state index >= 15 is 0 Å². The maximum Gasteiger partial charge on any atom is 0.335 e. The lowest BCUT2D eigenvalue weighted by Gasteiger charge is -2.05. The van der Waals surface area contributed by atoms with Gasteiger partial charge >= 0.3 is 5.97 Å². The van der Waals surface area contributed by atoms with E-state index in [0.717, 1.165) is 12.1 Å². The van der Waals surface area contributed by atoms with Crippen LogP contribution in [0.15, 0.2) is 29.1 Å². The molecule has 0 radical (unpaired) electrons. The van der Waals surface area contributed by atoms with Gasteiger partial charge in [0.1, 0.15) is 18.2 Å². The number of ether oxygens (including phenoxy) is 1. The number of carboxylic acid groups (broad SMARTS) is 1. The summed E-state index contributed by atoms with van der Waals surface area (Å²) in [5.41, 5.74) is -0.243. The van der Waals surface area contributed by atoms with Crippen LogP contribution in [0.4, 0.5) is 4.39 Å². The van der Waals surface area contributed by atoms with E-state index < -0.39 is 17.3 Å². The number of aromatic amines is 1. The van der Waals surface area contributed by atoms with Gasteiger partial charge in [-0.3, -0.25) is 4.79 Å². The Labute approximate surface area is 112 Å². The molecule has 0 aliphatic rings. The van der Waals surface area contributed by atoms with Crippen molar-refractivity contribution in [1.29, 1.82) is 0 Å². The third-order valence-electron chi connectivity index (χ3n) is 2.51. The van der Waals surface area contributed by atoms with Crippen LogP contribution in [0.3, 0.4) is 0 Å². The van der Waals surface area contributed by atoms with Crippen molar-refractivity contribution in [1.82, 2.24) is 9.97 Å². The van der Waals surface area contributed by atoms with Crippen LogP contribution in [0.5, 0.6) is 0 Å². The molecule has 6 nitrogen and oxygen atoms in total. The highest BCUT2D eigenvalue weighted by Crippen LogP contribution is 2.19. The van der Waals surface area contributed by atoms with Gasteiger partial charge in [-0.05, 0) is 18.2 Å². The van der Waals surface area contributed by atoms with E-state index in [4.69, 9.17) is 9.84 Å². The number of benzene rings is 1. The van der Waals surface area contributed by atoms with Gasteiger partial charge in [-0.25, -0.2) is 14.2 Å². The van der Waals surface area contributed by atoms with Crippen LogP contribution < -0.4 is 5.56 Å². The molecule has 0 spiro atoms. The molecule has 7 heteroatoms. The number of halogens is 1. The zero-order valence-corrected chi connectivity index (χ0v) is 10.5. The third kappa shape index (κ3) is 3.07. The summed E-state index contributed by atoms with van der Waals surface area (Å²) in [4.78, 5) is 29.0. The highest BCUT2D eigenvalue weighted by molar-refractivity contribution is 5.89. The number of H-pyrrole nitrogens is 1. The van der Waals surface area contributed by atoms with E-state index in [1.54, 1.807) is 0 Å². The molecule has 0 saturated heterocycles. The minimum Gasteiger partial charge on any atom is -0.478 e. The van der Waals surface area contributed by atoms with Crippen molar-refractivity contribution < 1.29 is 19.0 Å². The summed E-state index contributed by atoms with van der Waals surface area (Å²) >= 11 is 0. The number of aromatic nitrogens is 2. The van der Waals surface area contributed by atoms with Crippen LogP contribution >= 0.6 is 0 Å². The lowest BCUT2D eigenvalue weighted by Crippen LogP contribution is -2.12. The second-order valence-electron chi connectivity index (χ2n) is 4.04. The van der Waals surface area contributed by atoms with Crippen molar-refractivity contribution in [2.75, 3.05) is 7.11 Å². The maximum atomic E-state index is 13.4. The molecule has 2 rings (SSSR count). The number of hydrogen-bond donors (Lipinski definition) is 2. The Kier molecular flexibility index (Phi) is 3.90. The molecule has 1 aromatic heterocycles.